The fourth-order valence-electron chi connectivity index (χ4n) is 3.30. The SMILES string of the molecule is CC1=C(C(=O)OCCc2ccccc2)[C@@H](c2cccc([N+](=O)[O-])c2)CC(=O)N1. The molecule has 0 spiro atoms. The highest BCUT2D eigenvalue weighted by molar-refractivity contribution is 5.95. The van der Waals surface area contributed by atoms with Gasteiger partial charge in [0.1, 0.15) is 0 Å². The van der Waals surface area contributed by atoms with Gasteiger partial charge >= 0.3 is 5.97 Å². The van der Waals surface area contributed by atoms with Crippen LogP contribution in [-0.2, 0) is 20.7 Å². The van der Waals surface area contributed by atoms with Gasteiger partial charge in [0.15, 0.2) is 0 Å². The molecule has 7 nitrogen and oxygen atoms in total. The van der Waals surface area contributed by atoms with Crippen LogP contribution in [-0.4, -0.2) is 23.4 Å². The van der Waals surface area contributed by atoms with Gasteiger partial charge in [0.05, 0.1) is 17.1 Å². The molecule has 0 aliphatic carbocycles. The first-order chi connectivity index (χ1) is 13.5. The molecule has 1 heterocycles. The summed E-state index contributed by atoms with van der Waals surface area (Å²) in [6.07, 6.45) is 0.606. The molecular formula is C21H20N2O5. The number of amides is 1. The molecule has 0 unspecified atom stereocenters. The summed E-state index contributed by atoms with van der Waals surface area (Å²) >= 11 is 0. The zero-order valence-corrected chi connectivity index (χ0v) is 15.4. The molecule has 1 amide bonds. The molecule has 0 saturated carbocycles. The van der Waals surface area contributed by atoms with E-state index < -0.39 is 16.8 Å². The van der Waals surface area contributed by atoms with Gasteiger partial charge in [0.2, 0.25) is 5.91 Å². The smallest absolute Gasteiger partial charge is 0.336 e. The van der Waals surface area contributed by atoms with Crippen molar-refractivity contribution < 1.29 is 19.2 Å². The van der Waals surface area contributed by atoms with Gasteiger partial charge in [-0.1, -0.05) is 42.5 Å². The highest BCUT2D eigenvalue weighted by Crippen LogP contribution is 2.34. The van der Waals surface area contributed by atoms with Crippen LogP contribution in [0.3, 0.4) is 0 Å². The third-order valence-corrected chi connectivity index (χ3v) is 4.64. The Morgan fingerprint density at radius 1 is 1.21 bits per heavy atom. The number of carbonyl (C=O) groups excluding carboxylic acids is 2. The van der Waals surface area contributed by atoms with Crippen LogP contribution in [0.15, 0.2) is 65.9 Å². The molecule has 1 aliphatic rings. The van der Waals surface area contributed by atoms with Crippen molar-refractivity contribution >= 4 is 17.6 Å². The molecule has 1 atom stereocenters. The van der Waals surface area contributed by atoms with Gasteiger partial charge in [-0.15, -0.1) is 0 Å². The topological polar surface area (TPSA) is 98.5 Å². The van der Waals surface area contributed by atoms with E-state index in [1.165, 1.54) is 12.1 Å². The lowest BCUT2D eigenvalue weighted by Crippen LogP contribution is -2.34. The largest absolute Gasteiger partial charge is 0.462 e. The molecule has 2 aromatic carbocycles. The standard InChI is InChI=1S/C21H20N2O5/c1-14-20(21(25)28-11-10-15-6-3-2-4-7-15)18(13-19(24)22-14)16-8-5-9-17(12-16)23(26)27/h2-9,12,18H,10-11,13H2,1H3,(H,22,24)/t18-/m1/s1. The summed E-state index contributed by atoms with van der Waals surface area (Å²) in [6.45, 7) is 1.84. The van der Waals surface area contributed by atoms with E-state index in [0.29, 0.717) is 23.3 Å². The molecule has 3 rings (SSSR count). The average molecular weight is 380 g/mol. The fraction of sp³-hybridized carbons (Fsp3) is 0.238. The van der Waals surface area contributed by atoms with E-state index in [4.69, 9.17) is 4.74 Å². The number of nitro benzene ring substituents is 1. The molecule has 0 bridgehead atoms. The Morgan fingerprint density at radius 2 is 1.96 bits per heavy atom. The number of nitrogens with zero attached hydrogens (tertiary/aromatic N) is 1. The van der Waals surface area contributed by atoms with Gasteiger partial charge in [-0.3, -0.25) is 14.9 Å². The van der Waals surface area contributed by atoms with E-state index in [1.807, 2.05) is 30.3 Å². The van der Waals surface area contributed by atoms with Crippen LogP contribution in [0.25, 0.3) is 0 Å². The number of nitrogens with one attached hydrogen (secondary N) is 1. The summed E-state index contributed by atoms with van der Waals surface area (Å²) in [6, 6.07) is 15.6. The summed E-state index contributed by atoms with van der Waals surface area (Å²) in [5, 5.41) is 13.7. The van der Waals surface area contributed by atoms with E-state index >= 15 is 0 Å². The normalized spacial score (nSPS) is 16.5. The maximum absolute atomic E-state index is 12.7. The van der Waals surface area contributed by atoms with Crippen molar-refractivity contribution in [1.82, 2.24) is 5.32 Å². The van der Waals surface area contributed by atoms with E-state index in [1.54, 1.807) is 19.1 Å². The van der Waals surface area contributed by atoms with Crippen molar-refractivity contribution in [2.45, 2.75) is 25.7 Å². The molecular weight excluding hydrogens is 360 g/mol. The molecule has 7 heteroatoms. The van der Waals surface area contributed by atoms with E-state index in [9.17, 15) is 19.7 Å². The third-order valence-electron chi connectivity index (χ3n) is 4.64. The summed E-state index contributed by atoms with van der Waals surface area (Å²) in [4.78, 5) is 35.3. The zero-order chi connectivity index (χ0) is 20.1. The van der Waals surface area contributed by atoms with Crippen molar-refractivity contribution in [3.63, 3.8) is 0 Å². The molecule has 144 valence electrons. The first-order valence-corrected chi connectivity index (χ1v) is 8.91. The average Bonchev–Trinajstić information content (AvgIpc) is 2.68. The minimum atomic E-state index is -0.585. The second-order valence-electron chi connectivity index (χ2n) is 6.57. The molecule has 0 aromatic heterocycles. The molecule has 0 radical (unpaired) electrons. The van der Waals surface area contributed by atoms with E-state index in [2.05, 4.69) is 5.32 Å². The number of esters is 1. The lowest BCUT2D eigenvalue weighted by molar-refractivity contribution is -0.384. The number of hydrogen-bond donors (Lipinski definition) is 1. The highest BCUT2D eigenvalue weighted by atomic mass is 16.6. The Bertz CT molecular complexity index is 937. The van der Waals surface area contributed by atoms with Gasteiger partial charge in [-0.2, -0.15) is 0 Å². The van der Waals surface area contributed by atoms with Crippen LogP contribution in [0.2, 0.25) is 0 Å². The van der Waals surface area contributed by atoms with E-state index in [-0.39, 0.29) is 24.6 Å². The summed E-state index contributed by atoms with van der Waals surface area (Å²) in [5.74, 6) is -1.35. The summed E-state index contributed by atoms with van der Waals surface area (Å²) < 4.78 is 5.44. The number of hydrogen-bond acceptors (Lipinski definition) is 5. The summed E-state index contributed by atoms with van der Waals surface area (Å²) in [5.41, 5.74) is 2.25. The number of benzene rings is 2. The van der Waals surface area contributed by atoms with Gasteiger partial charge < -0.3 is 10.1 Å². The van der Waals surface area contributed by atoms with Crippen LogP contribution < -0.4 is 5.32 Å². The van der Waals surface area contributed by atoms with Crippen molar-refractivity contribution in [2.75, 3.05) is 6.61 Å². The Hall–Kier alpha value is -3.48. The predicted octanol–water partition coefficient (Wildman–Crippen LogP) is 3.26. The van der Waals surface area contributed by atoms with Crippen LogP contribution >= 0.6 is 0 Å². The van der Waals surface area contributed by atoms with Crippen molar-refractivity contribution in [1.29, 1.82) is 0 Å². The van der Waals surface area contributed by atoms with E-state index in [0.717, 1.165) is 5.56 Å². The molecule has 1 N–H and O–H groups in total. The van der Waals surface area contributed by atoms with Crippen LogP contribution in [0.1, 0.15) is 30.4 Å². The number of carbonyl (C=O) groups is 2. The quantitative estimate of drug-likeness (QED) is 0.471. The number of ether oxygens (including phenoxy) is 1. The number of non-ortho nitro benzene ring substituents is 1. The van der Waals surface area contributed by atoms with Gasteiger partial charge in [0.25, 0.3) is 5.69 Å². The predicted molar refractivity (Wildman–Crippen MR) is 102 cm³/mol. The van der Waals surface area contributed by atoms with Crippen molar-refractivity contribution in [2.24, 2.45) is 0 Å². The Kier molecular flexibility index (Phi) is 5.84. The summed E-state index contributed by atoms with van der Waals surface area (Å²) in [7, 11) is 0. The van der Waals surface area contributed by atoms with Gasteiger partial charge in [-0.05, 0) is 18.1 Å². The molecule has 28 heavy (non-hydrogen) atoms. The molecule has 0 fully saturated rings. The Morgan fingerprint density at radius 3 is 2.68 bits per heavy atom. The monoisotopic (exact) mass is 380 g/mol. The number of rotatable bonds is 6. The minimum absolute atomic E-state index is 0.0294. The molecule has 1 aliphatic heterocycles. The second kappa shape index (κ2) is 8.47. The van der Waals surface area contributed by atoms with Gasteiger partial charge in [-0.25, -0.2) is 4.79 Å². The molecule has 0 saturated heterocycles. The fourth-order valence-corrected chi connectivity index (χ4v) is 3.30. The van der Waals surface area contributed by atoms with Crippen LogP contribution in [0.4, 0.5) is 5.69 Å². The Balaban J connectivity index is 1.80. The Labute approximate surface area is 162 Å². The maximum Gasteiger partial charge on any atom is 0.336 e. The molecule has 2 aromatic rings. The lowest BCUT2D eigenvalue weighted by atomic mass is 9.84. The van der Waals surface area contributed by atoms with Crippen LogP contribution in [0, 0.1) is 10.1 Å². The lowest BCUT2D eigenvalue weighted by Gasteiger charge is -2.26. The van der Waals surface area contributed by atoms with Crippen molar-refractivity contribution in [3.8, 4) is 0 Å². The number of nitro groups is 1. The minimum Gasteiger partial charge on any atom is -0.462 e. The third kappa shape index (κ3) is 4.43. The maximum atomic E-state index is 12.7. The highest BCUT2D eigenvalue weighted by Gasteiger charge is 2.33. The van der Waals surface area contributed by atoms with Crippen molar-refractivity contribution in [3.05, 3.63) is 87.1 Å². The number of allylic oxidation sites excluding steroid dienone is 1. The first-order valence-electron chi connectivity index (χ1n) is 8.91. The van der Waals surface area contributed by atoms with Crippen LogP contribution in [0.5, 0.6) is 0 Å². The second-order valence-corrected chi connectivity index (χ2v) is 6.57. The zero-order valence-electron chi connectivity index (χ0n) is 15.4. The van der Waals surface area contributed by atoms with Gasteiger partial charge in [0, 0.05) is 36.6 Å². The first kappa shape index (κ1) is 19.3.